The molecule has 0 aromatic carbocycles. The van der Waals surface area contributed by atoms with Gasteiger partial charge in [-0.2, -0.15) is 0 Å². The van der Waals surface area contributed by atoms with Crippen molar-refractivity contribution in [2.24, 2.45) is 5.92 Å². The van der Waals surface area contributed by atoms with Gasteiger partial charge < -0.3 is 5.11 Å². The summed E-state index contributed by atoms with van der Waals surface area (Å²) in [6.45, 7) is 0. The Labute approximate surface area is 81.9 Å². The summed E-state index contributed by atoms with van der Waals surface area (Å²) >= 11 is 5.09. The smallest absolute Gasteiger partial charge is 0.307 e. The van der Waals surface area contributed by atoms with Crippen LogP contribution in [-0.4, -0.2) is 11.1 Å². The lowest BCUT2D eigenvalue weighted by Crippen LogP contribution is -2.12. The van der Waals surface area contributed by atoms with Crippen molar-refractivity contribution in [1.82, 2.24) is 0 Å². The zero-order chi connectivity index (χ0) is 8.72. The number of hydrogen-bond acceptors (Lipinski definition) is 4. The molecule has 1 N–H and O–H groups in total. The average molecular weight is 218 g/mol. The van der Waals surface area contributed by atoms with Crippen molar-refractivity contribution < 1.29 is 9.90 Å². The van der Waals surface area contributed by atoms with Gasteiger partial charge in [-0.1, -0.05) is 32.9 Å². The van der Waals surface area contributed by atoms with Crippen LogP contribution in [0.2, 0.25) is 0 Å². The number of fused-ring (bicyclic) bond motifs is 1. The molecule has 1 heterocycles. The molecule has 0 spiro atoms. The summed E-state index contributed by atoms with van der Waals surface area (Å²) in [5.41, 5.74) is 1.12. The second-order valence-corrected chi connectivity index (χ2v) is 5.70. The fraction of sp³-hybridized carbons (Fsp3) is 0.429. The Morgan fingerprint density at radius 1 is 1.50 bits per heavy atom. The van der Waals surface area contributed by atoms with Gasteiger partial charge in [0.25, 0.3) is 0 Å². The van der Waals surface area contributed by atoms with Crippen molar-refractivity contribution in [3.8, 4) is 0 Å². The average Bonchev–Trinajstić information content (AvgIpc) is 2.53. The third-order valence-corrected chi connectivity index (χ3v) is 5.29. The molecule has 1 aliphatic rings. The van der Waals surface area contributed by atoms with Crippen molar-refractivity contribution in [1.29, 1.82) is 0 Å². The van der Waals surface area contributed by atoms with Crippen LogP contribution in [0.25, 0.3) is 0 Å². The zero-order valence-corrected chi connectivity index (χ0v) is 8.52. The van der Waals surface area contributed by atoms with Crippen molar-refractivity contribution in [2.75, 3.05) is 0 Å². The van der Waals surface area contributed by atoms with Crippen LogP contribution in [0.5, 0.6) is 0 Å². The van der Waals surface area contributed by atoms with E-state index in [1.54, 1.807) is 20.7 Å². The maximum atomic E-state index is 10.7. The predicted molar refractivity (Wildman–Crippen MR) is 51.6 cm³/mol. The standard InChI is InChI=1S/C7H6O2S3/c8-6(9)3-1-4-5(2-3)11-12-7(4)10/h3H,1-2H2,(H,8,9). The summed E-state index contributed by atoms with van der Waals surface area (Å²) in [7, 11) is 3.22. The Hall–Kier alpha value is -0.260. The molecule has 64 valence electrons. The quantitative estimate of drug-likeness (QED) is 0.580. The number of aliphatic carboxylic acids is 1. The van der Waals surface area contributed by atoms with Crippen molar-refractivity contribution in [3.63, 3.8) is 0 Å². The third kappa shape index (κ3) is 1.22. The SMILES string of the molecule is O=C(O)C1Cc2ssc(=S)c2C1. The van der Waals surface area contributed by atoms with Crippen LogP contribution in [0, 0.1) is 9.74 Å². The van der Waals surface area contributed by atoms with Crippen LogP contribution >= 0.6 is 32.9 Å². The van der Waals surface area contributed by atoms with Crippen molar-refractivity contribution >= 4 is 38.9 Å². The first-order chi connectivity index (χ1) is 5.68. The Balaban J connectivity index is 2.34. The highest BCUT2D eigenvalue weighted by atomic mass is 32.9. The summed E-state index contributed by atoms with van der Waals surface area (Å²) in [6.07, 6.45) is 1.33. The fourth-order valence-corrected chi connectivity index (χ4v) is 4.39. The Bertz CT molecular complexity index is 376. The first-order valence-corrected chi connectivity index (χ1v) is 6.08. The van der Waals surface area contributed by atoms with Gasteiger partial charge in [0.1, 0.15) is 3.82 Å². The van der Waals surface area contributed by atoms with Crippen LogP contribution in [-0.2, 0) is 17.6 Å². The highest BCUT2D eigenvalue weighted by molar-refractivity contribution is 7.79. The minimum absolute atomic E-state index is 0.221. The maximum Gasteiger partial charge on any atom is 0.307 e. The van der Waals surface area contributed by atoms with E-state index in [4.69, 9.17) is 17.3 Å². The molecule has 0 saturated carbocycles. The summed E-state index contributed by atoms with van der Waals surface area (Å²) in [5.74, 6) is -0.917. The van der Waals surface area contributed by atoms with Gasteiger partial charge >= 0.3 is 5.97 Å². The van der Waals surface area contributed by atoms with Gasteiger partial charge in [0.05, 0.1) is 5.92 Å². The molecular formula is C7H6O2S3. The predicted octanol–water partition coefficient (Wildman–Crippen LogP) is 2.34. The largest absolute Gasteiger partial charge is 0.481 e. The maximum absolute atomic E-state index is 10.7. The molecule has 0 amide bonds. The number of carbonyl (C=O) groups is 1. The Morgan fingerprint density at radius 2 is 2.25 bits per heavy atom. The van der Waals surface area contributed by atoms with Crippen LogP contribution < -0.4 is 0 Å². The summed E-state index contributed by atoms with van der Waals surface area (Å²) in [5, 5.41) is 8.77. The lowest BCUT2D eigenvalue weighted by atomic mass is 10.1. The van der Waals surface area contributed by atoms with E-state index in [0.29, 0.717) is 12.8 Å². The van der Waals surface area contributed by atoms with Gasteiger partial charge in [-0.15, -0.1) is 0 Å². The molecule has 12 heavy (non-hydrogen) atoms. The van der Waals surface area contributed by atoms with Gasteiger partial charge in [-0.3, -0.25) is 4.79 Å². The first-order valence-electron chi connectivity index (χ1n) is 3.52. The van der Waals surface area contributed by atoms with Gasteiger partial charge in [0.15, 0.2) is 0 Å². The molecule has 1 atom stereocenters. The van der Waals surface area contributed by atoms with Crippen molar-refractivity contribution in [2.45, 2.75) is 12.8 Å². The van der Waals surface area contributed by atoms with E-state index < -0.39 is 5.97 Å². The molecule has 0 aliphatic heterocycles. The highest BCUT2D eigenvalue weighted by Gasteiger charge is 2.29. The highest BCUT2D eigenvalue weighted by Crippen LogP contribution is 2.35. The molecule has 2 rings (SSSR count). The number of rotatable bonds is 1. The second-order valence-electron chi connectivity index (χ2n) is 2.80. The van der Waals surface area contributed by atoms with Gasteiger partial charge in [0.2, 0.25) is 0 Å². The van der Waals surface area contributed by atoms with Crippen molar-refractivity contribution in [3.05, 3.63) is 14.3 Å². The van der Waals surface area contributed by atoms with E-state index in [1.165, 1.54) is 4.88 Å². The second kappa shape index (κ2) is 2.90. The molecule has 2 nitrogen and oxygen atoms in total. The molecule has 0 fully saturated rings. The monoisotopic (exact) mass is 218 g/mol. The third-order valence-electron chi connectivity index (χ3n) is 2.03. The van der Waals surface area contributed by atoms with Gasteiger partial charge in [0, 0.05) is 4.88 Å². The van der Waals surface area contributed by atoms with Crippen LogP contribution in [0.4, 0.5) is 0 Å². The van der Waals surface area contributed by atoms with E-state index >= 15 is 0 Å². The summed E-state index contributed by atoms with van der Waals surface area (Å²) < 4.78 is 0.888. The lowest BCUT2D eigenvalue weighted by molar-refractivity contribution is -0.141. The van der Waals surface area contributed by atoms with E-state index in [9.17, 15) is 4.79 Å². The van der Waals surface area contributed by atoms with Crippen LogP contribution in [0.15, 0.2) is 0 Å². The molecule has 1 aliphatic carbocycles. The van der Waals surface area contributed by atoms with E-state index in [1.807, 2.05) is 0 Å². The normalized spacial score (nSPS) is 20.8. The minimum atomic E-state index is -0.696. The van der Waals surface area contributed by atoms with Gasteiger partial charge in [-0.05, 0) is 18.4 Å². The van der Waals surface area contributed by atoms with E-state index in [0.717, 1.165) is 9.39 Å². The summed E-state index contributed by atoms with van der Waals surface area (Å²) in [6, 6.07) is 0. The van der Waals surface area contributed by atoms with Gasteiger partial charge in [-0.25, -0.2) is 0 Å². The molecule has 1 unspecified atom stereocenters. The number of carboxylic acids is 1. The summed E-state index contributed by atoms with van der Waals surface area (Å²) in [4.78, 5) is 11.8. The minimum Gasteiger partial charge on any atom is -0.481 e. The van der Waals surface area contributed by atoms with E-state index in [-0.39, 0.29) is 5.92 Å². The number of carboxylic acid groups (broad SMARTS) is 1. The number of hydrogen-bond donors (Lipinski definition) is 1. The molecular weight excluding hydrogens is 212 g/mol. The molecule has 1 aromatic rings. The molecule has 5 heteroatoms. The topological polar surface area (TPSA) is 37.3 Å². The lowest BCUT2D eigenvalue weighted by Gasteiger charge is -1.98. The molecule has 0 saturated heterocycles. The van der Waals surface area contributed by atoms with Crippen LogP contribution in [0.3, 0.4) is 0 Å². The first kappa shape index (κ1) is 8.34. The Morgan fingerprint density at radius 3 is 2.83 bits per heavy atom. The molecule has 0 radical (unpaired) electrons. The fourth-order valence-electron chi connectivity index (χ4n) is 1.37. The zero-order valence-electron chi connectivity index (χ0n) is 6.07. The van der Waals surface area contributed by atoms with Crippen LogP contribution in [0.1, 0.15) is 10.4 Å². The molecule has 0 bridgehead atoms. The Kier molecular flexibility index (Phi) is 2.02. The molecule has 1 aromatic heterocycles. The van der Waals surface area contributed by atoms with E-state index in [2.05, 4.69) is 0 Å².